The maximum Gasteiger partial charge on any atom is 0.191 e. The van der Waals surface area contributed by atoms with Gasteiger partial charge in [0.2, 0.25) is 0 Å². The van der Waals surface area contributed by atoms with E-state index in [1.54, 1.807) is 0 Å². The second-order valence-electron chi connectivity index (χ2n) is 6.41. The van der Waals surface area contributed by atoms with Crippen LogP contribution in [0.4, 0.5) is 0 Å². The Hall–Kier alpha value is -0.810. The van der Waals surface area contributed by atoms with Crippen molar-refractivity contribution < 1.29 is 4.74 Å². The summed E-state index contributed by atoms with van der Waals surface area (Å²) in [5.41, 5.74) is 0. The monoisotopic (exact) mass is 298 g/mol. The summed E-state index contributed by atoms with van der Waals surface area (Å²) in [5, 5.41) is 6.82. The van der Waals surface area contributed by atoms with Crippen LogP contribution in [0.5, 0.6) is 0 Å². The molecule has 0 amide bonds. The standard InChI is InChI=1S/C16H34N4O/c1-7-17-16(19-15(6)12(2)3)18-10-13(4)20-8-9-21-11-14(20)5/h12-15H,7-11H2,1-6H3,(H2,17,18,19). The van der Waals surface area contributed by atoms with E-state index in [1.807, 2.05) is 0 Å². The van der Waals surface area contributed by atoms with Crippen molar-refractivity contribution in [1.29, 1.82) is 0 Å². The molecule has 0 radical (unpaired) electrons. The summed E-state index contributed by atoms with van der Waals surface area (Å²) in [7, 11) is 0. The van der Waals surface area contributed by atoms with E-state index in [0.717, 1.165) is 38.8 Å². The Balaban J connectivity index is 2.55. The fraction of sp³-hybridized carbons (Fsp3) is 0.938. The third-order valence-corrected chi connectivity index (χ3v) is 4.21. The molecular formula is C16H34N4O. The van der Waals surface area contributed by atoms with Crippen LogP contribution in [0.15, 0.2) is 4.99 Å². The predicted molar refractivity (Wildman–Crippen MR) is 89.9 cm³/mol. The molecule has 3 atom stereocenters. The third-order valence-electron chi connectivity index (χ3n) is 4.21. The minimum atomic E-state index is 0.417. The number of nitrogens with one attached hydrogen (secondary N) is 2. The van der Waals surface area contributed by atoms with Crippen LogP contribution >= 0.6 is 0 Å². The highest BCUT2D eigenvalue weighted by Gasteiger charge is 2.23. The minimum absolute atomic E-state index is 0.417. The first-order chi connectivity index (χ1) is 9.95. The van der Waals surface area contributed by atoms with Gasteiger partial charge in [0.25, 0.3) is 0 Å². The number of aliphatic imine (C=N–C) groups is 1. The van der Waals surface area contributed by atoms with Crippen LogP contribution in [0.25, 0.3) is 0 Å². The molecule has 0 aromatic carbocycles. The molecule has 21 heavy (non-hydrogen) atoms. The lowest BCUT2D eigenvalue weighted by Gasteiger charge is -2.37. The lowest BCUT2D eigenvalue weighted by molar-refractivity contribution is -0.0165. The van der Waals surface area contributed by atoms with E-state index in [0.29, 0.717) is 24.0 Å². The molecule has 1 rings (SSSR count). The van der Waals surface area contributed by atoms with E-state index in [2.05, 4.69) is 57.1 Å². The van der Waals surface area contributed by atoms with E-state index in [-0.39, 0.29) is 0 Å². The molecule has 1 aliphatic heterocycles. The Labute approximate surface area is 130 Å². The van der Waals surface area contributed by atoms with Crippen LogP contribution in [0.1, 0.15) is 41.5 Å². The fourth-order valence-electron chi connectivity index (χ4n) is 2.43. The number of nitrogens with zero attached hydrogens (tertiary/aromatic N) is 2. The first-order valence-corrected chi connectivity index (χ1v) is 8.34. The first-order valence-electron chi connectivity index (χ1n) is 8.34. The van der Waals surface area contributed by atoms with Gasteiger partial charge in [-0.1, -0.05) is 13.8 Å². The molecule has 2 N–H and O–H groups in total. The Morgan fingerprint density at radius 1 is 1.33 bits per heavy atom. The normalized spacial score (nSPS) is 24.0. The van der Waals surface area contributed by atoms with E-state index in [4.69, 9.17) is 9.73 Å². The van der Waals surface area contributed by atoms with Crippen molar-refractivity contribution in [3.63, 3.8) is 0 Å². The Kier molecular flexibility index (Phi) is 8.04. The van der Waals surface area contributed by atoms with Gasteiger partial charge in [-0.2, -0.15) is 0 Å². The summed E-state index contributed by atoms with van der Waals surface area (Å²) in [6.07, 6.45) is 0. The lowest BCUT2D eigenvalue weighted by atomic mass is 10.1. The number of morpholine rings is 1. The van der Waals surface area contributed by atoms with Gasteiger partial charge < -0.3 is 15.4 Å². The predicted octanol–water partition coefficient (Wildman–Crippen LogP) is 1.70. The summed E-state index contributed by atoms with van der Waals surface area (Å²) in [6, 6.07) is 1.34. The van der Waals surface area contributed by atoms with Crippen LogP contribution in [0.3, 0.4) is 0 Å². The van der Waals surface area contributed by atoms with Crippen LogP contribution in [0, 0.1) is 5.92 Å². The van der Waals surface area contributed by atoms with Crippen molar-refractivity contribution in [2.75, 3.05) is 32.8 Å². The molecule has 0 bridgehead atoms. The Morgan fingerprint density at radius 3 is 2.62 bits per heavy atom. The highest BCUT2D eigenvalue weighted by molar-refractivity contribution is 5.80. The zero-order valence-corrected chi connectivity index (χ0v) is 14.6. The van der Waals surface area contributed by atoms with Gasteiger partial charge in [0.1, 0.15) is 0 Å². The SMILES string of the molecule is CCNC(=NCC(C)N1CCOCC1C)NC(C)C(C)C. The van der Waals surface area contributed by atoms with Crippen molar-refractivity contribution in [2.24, 2.45) is 10.9 Å². The third kappa shape index (κ3) is 6.22. The summed E-state index contributed by atoms with van der Waals surface area (Å²) in [5.74, 6) is 1.51. The van der Waals surface area contributed by atoms with E-state index < -0.39 is 0 Å². The van der Waals surface area contributed by atoms with E-state index >= 15 is 0 Å². The van der Waals surface area contributed by atoms with Gasteiger partial charge in [-0.25, -0.2) is 0 Å². The van der Waals surface area contributed by atoms with Crippen LogP contribution in [0.2, 0.25) is 0 Å². The molecule has 1 fully saturated rings. The highest BCUT2D eigenvalue weighted by Crippen LogP contribution is 2.11. The van der Waals surface area contributed by atoms with Gasteiger partial charge in [0.15, 0.2) is 5.96 Å². The topological polar surface area (TPSA) is 48.9 Å². The maximum atomic E-state index is 5.50. The van der Waals surface area contributed by atoms with Crippen molar-refractivity contribution in [2.45, 2.75) is 59.7 Å². The average Bonchev–Trinajstić information content (AvgIpc) is 2.45. The zero-order chi connectivity index (χ0) is 15.8. The molecule has 0 aromatic heterocycles. The quantitative estimate of drug-likeness (QED) is 0.579. The van der Waals surface area contributed by atoms with Crippen molar-refractivity contribution in [1.82, 2.24) is 15.5 Å². The zero-order valence-electron chi connectivity index (χ0n) is 14.6. The van der Waals surface area contributed by atoms with Crippen molar-refractivity contribution in [3.05, 3.63) is 0 Å². The molecular weight excluding hydrogens is 264 g/mol. The largest absolute Gasteiger partial charge is 0.379 e. The van der Waals surface area contributed by atoms with Gasteiger partial charge in [-0.15, -0.1) is 0 Å². The lowest BCUT2D eigenvalue weighted by Crippen LogP contribution is -2.50. The van der Waals surface area contributed by atoms with E-state index in [1.165, 1.54) is 0 Å². The molecule has 0 aliphatic carbocycles. The number of hydrogen-bond acceptors (Lipinski definition) is 3. The van der Waals surface area contributed by atoms with Crippen LogP contribution in [-0.4, -0.2) is 61.8 Å². The molecule has 1 aliphatic rings. The maximum absolute atomic E-state index is 5.50. The van der Waals surface area contributed by atoms with E-state index in [9.17, 15) is 0 Å². The van der Waals surface area contributed by atoms with Crippen LogP contribution < -0.4 is 10.6 Å². The average molecular weight is 298 g/mol. The Morgan fingerprint density at radius 2 is 2.05 bits per heavy atom. The minimum Gasteiger partial charge on any atom is -0.379 e. The summed E-state index contributed by atoms with van der Waals surface area (Å²) < 4.78 is 5.50. The molecule has 0 aromatic rings. The number of hydrogen-bond donors (Lipinski definition) is 2. The molecule has 0 saturated carbocycles. The summed E-state index contributed by atoms with van der Waals surface area (Å²) >= 11 is 0. The fourth-order valence-corrected chi connectivity index (χ4v) is 2.43. The van der Waals surface area contributed by atoms with Gasteiger partial charge >= 0.3 is 0 Å². The van der Waals surface area contributed by atoms with Gasteiger partial charge in [-0.3, -0.25) is 9.89 Å². The van der Waals surface area contributed by atoms with Gasteiger partial charge in [0, 0.05) is 31.2 Å². The number of guanidine groups is 1. The summed E-state index contributed by atoms with van der Waals surface area (Å²) in [6.45, 7) is 17.6. The number of rotatable bonds is 6. The van der Waals surface area contributed by atoms with Gasteiger partial charge in [0.05, 0.1) is 19.8 Å². The molecule has 5 heteroatoms. The molecule has 124 valence electrons. The molecule has 0 spiro atoms. The van der Waals surface area contributed by atoms with Gasteiger partial charge in [-0.05, 0) is 33.6 Å². The first kappa shape index (κ1) is 18.2. The second-order valence-corrected chi connectivity index (χ2v) is 6.41. The molecule has 5 nitrogen and oxygen atoms in total. The number of ether oxygens (including phenoxy) is 1. The van der Waals surface area contributed by atoms with Crippen molar-refractivity contribution in [3.8, 4) is 0 Å². The second kappa shape index (κ2) is 9.26. The Bertz CT molecular complexity index is 319. The molecule has 3 unspecified atom stereocenters. The molecule has 1 saturated heterocycles. The molecule has 1 heterocycles. The summed E-state index contributed by atoms with van der Waals surface area (Å²) in [4.78, 5) is 7.25. The highest BCUT2D eigenvalue weighted by atomic mass is 16.5. The smallest absolute Gasteiger partial charge is 0.191 e. The van der Waals surface area contributed by atoms with Crippen molar-refractivity contribution >= 4 is 5.96 Å². The van der Waals surface area contributed by atoms with Crippen LogP contribution in [-0.2, 0) is 4.74 Å².